The van der Waals surface area contributed by atoms with Crippen molar-refractivity contribution in [2.45, 2.75) is 33.2 Å². The van der Waals surface area contributed by atoms with E-state index in [4.69, 9.17) is 18.9 Å². The third kappa shape index (κ3) is 9.58. The summed E-state index contributed by atoms with van der Waals surface area (Å²) in [6, 6.07) is 19.3. The molecule has 0 radical (unpaired) electrons. The van der Waals surface area contributed by atoms with Crippen molar-refractivity contribution in [3.8, 4) is 0 Å². The van der Waals surface area contributed by atoms with Gasteiger partial charge in [-0.1, -0.05) is 60.7 Å². The van der Waals surface area contributed by atoms with Crippen LogP contribution in [0.1, 0.15) is 25.0 Å². The Bertz CT molecular complexity index is 786. The molecule has 0 aliphatic rings. The van der Waals surface area contributed by atoms with Crippen LogP contribution in [-0.2, 0) is 41.8 Å². The molecule has 6 nitrogen and oxygen atoms in total. The van der Waals surface area contributed by atoms with E-state index < -0.39 is 18.0 Å². The molecular weight excluding hydrogens is 372 g/mol. The molecule has 0 aliphatic carbocycles. The lowest BCUT2D eigenvalue weighted by Gasteiger charge is -2.17. The molecule has 0 fully saturated rings. The van der Waals surface area contributed by atoms with Gasteiger partial charge in [-0.25, -0.2) is 0 Å². The highest BCUT2D eigenvalue weighted by molar-refractivity contribution is 5.66. The van der Waals surface area contributed by atoms with E-state index in [2.05, 4.69) is 0 Å². The minimum atomic E-state index is -0.669. The second-order valence-electron chi connectivity index (χ2n) is 6.34. The van der Waals surface area contributed by atoms with Crippen molar-refractivity contribution in [3.63, 3.8) is 0 Å². The van der Waals surface area contributed by atoms with Crippen molar-refractivity contribution in [2.75, 3.05) is 13.2 Å². The molecule has 0 amide bonds. The number of rotatable bonds is 11. The zero-order chi connectivity index (χ0) is 20.9. The third-order valence-electron chi connectivity index (χ3n) is 3.77. The first-order valence-corrected chi connectivity index (χ1v) is 9.32. The fraction of sp³-hybridized carbons (Fsp3) is 0.304. The first kappa shape index (κ1) is 22.2. The first-order chi connectivity index (χ1) is 14.0. The number of benzene rings is 2. The molecule has 0 heterocycles. The summed E-state index contributed by atoms with van der Waals surface area (Å²) in [5.41, 5.74) is 1.98. The van der Waals surface area contributed by atoms with Crippen molar-refractivity contribution < 1.29 is 28.5 Å². The van der Waals surface area contributed by atoms with Crippen LogP contribution in [0.5, 0.6) is 0 Å². The maximum atomic E-state index is 11.5. The SMILES string of the molecule is CC(=O)OC/C(=C\C(COCc1ccccc1)OC(C)=O)OCc1ccccc1. The highest BCUT2D eigenvalue weighted by atomic mass is 16.6. The number of esters is 2. The van der Waals surface area contributed by atoms with Crippen LogP contribution in [0.25, 0.3) is 0 Å². The summed E-state index contributed by atoms with van der Waals surface area (Å²) >= 11 is 0. The number of hydrogen-bond donors (Lipinski definition) is 0. The Kier molecular flexibility index (Phi) is 9.45. The normalized spacial score (nSPS) is 12.1. The van der Waals surface area contributed by atoms with E-state index in [1.54, 1.807) is 6.08 Å². The van der Waals surface area contributed by atoms with Crippen LogP contribution >= 0.6 is 0 Å². The summed E-state index contributed by atoms with van der Waals surface area (Å²) in [6.45, 7) is 3.42. The van der Waals surface area contributed by atoms with Crippen molar-refractivity contribution >= 4 is 11.9 Å². The molecule has 29 heavy (non-hydrogen) atoms. The smallest absolute Gasteiger partial charge is 0.303 e. The van der Waals surface area contributed by atoms with Crippen LogP contribution in [0.3, 0.4) is 0 Å². The molecule has 0 N–H and O–H groups in total. The maximum absolute atomic E-state index is 11.5. The van der Waals surface area contributed by atoms with Crippen molar-refractivity contribution in [1.29, 1.82) is 0 Å². The standard InChI is InChI=1S/C23H26O6/c1-18(24)27-17-22(28-15-21-11-7-4-8-12-21)13-23(29-19(2)25)16-26-14-20-9-5-3-6-10-20/h3-13,23H,14-17H2,1-2H3/b22-13+. The molecule has 0 spiro atoms. The number of hydrogen-bond acceptors (Lipinski definition) is 6. The lowest BCUT2D eigenvalue weighted by Crippen LogP contribution is -2.22. The van der Waals surface area contributed by atoms with Gasteiger partial charge in [0.15, 0.2) is 0 Å². The summed E-state index contributed by atoms with van der Waals surface area (Å²) in [5.74, 6) is -0.480. The van der Waals surface area contributed by atoms with Crippen LogP contribution in [0.15, 0.2) is 72.5 Å². The van der Waals surface area contributed by atoms with Crippen LogP contribution in [0, 0.1) is 0 Å². The highest BCUT2D eigenvalue weighted by Crippen LogP contribution is 2.11. The second-order valence-corrected chi connectivity index (χ2v) is 6.34. The quantitative estimate of drug-likeness (QED) is 0.424. The highest BCUT2D eigenvalue weighted by Gasteiger charge is 2.14. The van der Waals surface area contributed by atoms with Gasteiger partial charge in [0.1, 0.15) is 25.1 Å². The molecule has 154 valence electrons. The molecule has 0 aromatic heterocycles. The Labute approximate surface area is 171 Å². The predicted molar refractivity (Wildman–Crippen MR) is 108 cm³/mol. The van der Waals surface area contributed by atoms with Crippen LogP contribution < -0.4 is 0 Å². The summed E-state index contributed by atoms with van der Waals surface area (Å²) in [5, 5.41) is 0. The van der Waals surface area contributed by atoms with E-state index >= 15 is 0 Å². The fourth-order valence-electron chi connectivity index (χ4n) is 2.46. The summed E-state index contributed by atoms with van der Waals surface area (Å²) in [4.78, 5) is 22.7. The largest absolute Gasteiger partial charge is 0.490 e. The zero-order valence-electron chi connectivity index (χ0n) is 16.7. The maximum Gasteiger partial charge on any atom is 0.303 e. The lowest BCUT2D eigenvalue weighted by molar-refractivity contribution is -0.147. The average molecular weight is 398 g/mol. The molecule has 2 rings (SSSR count). The van der Waals surface area contributed by atoms with Gasteiger partial charge in [-0.3, -0.25) is 9.59 Å². The fourth-order valence-corrected chi connectivity index (χ4v) is 2.46. The van der Waals surface area contributed by atoms with E-state index in [9.17, 15) is 9.59 Å². The molecule has 1 atom stereocenters. The van der Waals surface area contributed by atoms with E-state index in [1.807, 2.05) is 60.7 Å². The van der Waals surface area contributed by atoms with Crippen LogP contribution in [0.4, 0.5) is 0 Å². The van der Waals surface area contributed by atoms with Gasteiger partial charge in [0.25, 0.3) is 0 Å². The third-order valence-corrected chi connectivity index (χ3v) is 3.77. The van der Waals surface area contributed by atoms with Crippen molar-refractivity contribution in [3.05, 3.63) is 83.6 Å². The van der Waals surface area contributed by atoms with Crippen LogP contribution in [0.2, 0.25) is 0 Å². The molecule has 0 saturated carbocycles. The zero-order valence-corrected chi connectivity index (χ0v) is 16.7. The van der Waals surface area contributed by atoms with Crippen molar-refractivity contribution in [2.24, 2.45) is 0 Å². The Morgan fingerprint density at radius 3 is 1.97 bits per heavy atom. The van der Waals surface area contributed by atoms with Crippen molar-refractivity contribution in [1.82, 2.24) is 0 Å². The molecule has 1 unspecified atom stereocenters. The summed E-state index contributed by atoms with van der Waals surface area (Å²) in [6.07, 6.45) is 0.940. The predicted octanol–water partition coefficient (Wildman–Crippen LogP) is 3.80. The molecule has 0 bridgehead atoms. The van der Waals surface area contributed by atoms with E-state index in [-0.39, 0.29) is 13.2 Å². The Morgan fingerprint density at radius 2 is 1.41 bits per heavy atom. The van der Waals surface area contributed by atoms with Crippen LogP contribution in [-0.4, -0.2) is 31.3 Å². The van der Waals surface area contributed by atoms with E-state index in [0.717, 1.165) is 11.1 Å². The van der Waals surface area contributed by atoms with Gasteiger partial charge in [-0.15, -0.1) is 0 Å². The average Bonchev–Trinajstić information content (AvgIpc) is 2.71. The van der Waals surface area contributed by atoms with E-state index in [1.165, 1.54) is 13.8 Å². The number of carbonyl (C=O) groups excluding carboxylic acids is 2. The number of carbonyl (C=O) groups is 2. The first-order valence-electron chi connectivity index (χ1n) is 9.32. The van der Waals surface area contributed by atoms with Gasteiger partial charge in [-0.2, -0.15) is 0 Å². The molecule has 2 aromatic rings. The van der Waals surface area contributed by atoms with Gasteiger partial charge in [-0.05, 0) is 17.2 Å². The monoisotopic (exact) mass is 398 g/mol. The van der Waals surface area contributed by atoms with E-state index in [0.29, 0.717) is 19.0 Å². The van der Waals surface area contributed by atoms with Gasteiger partial charge in [0, 0.05) is 13.8 Å². The molecule has 2 aromatic carbocycles. The van der Waals surface area contributed by atoms with Gasteiger partial charge >= 0.3 is 11.9 Å². The molecular formula is C23H26O6. The minimum Gasteiger partial charge on any atom is -0.490 e. The second kappa shape index (κ2) is 12.4. The van der Waals surface area contributed by atoms with Gasteiger partial charge in [0.2, 0.25) is 0 Å². The number of ether oxygens (including phenoxy) is 4. The lowest BCUT2D eigenvalue weighted by atomic mass is 10.2. The topological polar surface area (TPSA) is 71.1 Å². The Hall–Kier alpha value is -3.12. The summed E-state index contributed by atoms with van der Waals surface area (Å²) in [7, 11) is 0. The summed E-state index contributed by atoms with van der Waals surface area (Å²) < 4.78 is 21.9. The van der Waals surface area contributed by atoms with Gasteiger partial charge < -0.3 is 18.9 Å². The molecule has 0 saturated heterocycles. The Morgan fingerprint density at radius 1 is 0.828 bits per heavy atom. The Balaban J connectivity index is 2.02. The van der Waals surface area contributed by atoms with Gasteiger partial charge in [0.05, 0.1) is 13.2 Å². The molecule has 6 heteroatoms. The minimum absolute atomic E-state index is 0.0569. The molecule has 0 aliphatic heterocycles.